The molecular weight excluding hydrogens is 303 g/mol. The smallest absolute Gasteiger partial charge is 0.356 e. The molecule has 1 N–H and O–H groups in total. The zero-order valence-corrected chi connectivity index (χ0v) is 12.5. The molecule has 0 bridgehead atoms. The molecule has 0 fully saturated rings. The van der Waals surface area contributed by atoms with Crippen LogP contribution in [0.5, 0.6) is 0 Å². The van der Waals surface area contributed by atoms with Crippen LogP contribution in [-0.4, -0.2) is 33.7 Å². The first-order valence-corrected chi connectivity index (χ1v) is 7.17. The number of benzene rings is 1. The molecule has 3 rings (SSSR count). The molecular formula is C16H15FN2O4. The van der Waals surface area contributed by atoms with E-state index in [1.165, 1.54) is 19.2 Å². The number of fused-ring (bicyclic) bond motifs is 1. The number of hydrogen-bond donors (Lipinski definition) is 1. The fourth-order valence-electron chi connectivity index (χ4n) is 2.91. The highest BCUT2D eigenvalue weighted by Crippen LogP contribution is 2.30. The number of carbonyl (C=O) groups excluding carboxylic acids is 1. The van der Waals surface area contributed by atoms with Gasteiger partial charge in [-0.05, 0) is 37.1 Å². The van der Waals surface area contributed by atoms with Gasteiger partial charge in [-0.25, -0.2) is 14.2 Å². The number of aromatic nitrogens is 2. The SMILES string of the molecule is COC(=O)C1CCc2c(C(=O)O)nc(-c3ccc(F)cc3)n2C1. The van der Waals surface area contributed by atoms with Gasteiger partial charge in [0.1, 0.15) is 11.6 Å². The predicted molar refractivity (Wildman–Crippen MR) is 78.4 cm³/mol. The normalized spacial score (nSPS) is 16.7. The lowest BCUT2D eigenvalue weighted by atomic mass is 9.97. The van der Waals surface area contributed by atoms with Gasteiger partial charge in [0, 0.05) is 12.1 Å². The first-order chi connectivity index (χ1) is 11.0. The number of esters is 1. The lowest BCUT2D eigenvalue weighted by Crippen LogP contribution is -2.28. The second-order valence-electron chi connectivity index (χ2n) is 5.41. The molecule has 23 heavy (non-hydrogen) atoms. The first kappa shape index (κ1) is 15.2. The van der Waals surface area contributed by atoms with E-state index in [0.717, 1.165) is 0 Å². The molecule has 0 saturated heterocycles. The summed E-state index contributed by atoms with van der Waals surface area (Å²) in [5, 5.41) is 9.34. The number of hydrogen-bond acceptors (Lipinski definition) is 4. The van der Waals surface area contributed by atoms with Crippen LogP contribution in [0.2, 0.25) is 0 Å². The fourth-order valence-corrected chi connectivity index (χ4v) is 2.91. The summed E-state index contributed by atoms with van der Waals surface area (Å²) < 4.78 is 19.6. The summed E-state index contributed by atoms with van der Waals surface area (Å²) in [6.07, 6.45) is 0.942. The summed E-state index contributed by atoms with van der Waals surface area (Å²) in [6, 6.07) is 5.66. The van der Waals surface area contributed by atoms with Crippen molar-refractivity contribution in [1.82, 2.24) is 9.55 Å². The molecule has 2 aromatic rings. The van der Waals surface area contributed by atoms with Crippen LogP contribution in [0.25, 0.3) is 11.4 Å². The monoisotopic (exact) mass is 318 g/mol. The zero-order valence-electron chi connectivity index (χ0n) is 12.5. The minimum absolute atomic E-state index is 0.0207. The number of nitrogens with zero attached hydrogens (tertiary/aromatic N) is 2. The van der Waals surface area contributed by atoms with Gasteiger partial charge >= 0.3 is 11.9 Å². The van der Waals surface area contributed by atoms with E-state index in [9.17, 15) is 19.1 Å². The van der Waals surface area contributed by atoms with Gasteiger partial charge in [0.2, 0.25) is 0 Å². The van der Waals surface area contributed by atoms with Crippen molar-refractivity contribution in [1.29, 1.82) is 0 Å². The van der Waals surface area contributed by atoms with Crippen LogP contribution < -0.4 is 0 Å². The molecule has 1 unspecified atom stereocenters. The number of methoxy groups -OCH3 is 1. The van der Waals surface area contributed by atoms with Gasteiger partial charge in [-0.1, -0.05) is 0 Å². The van der Waals surface area contributed by atoms with Gasteiger partial charge in [0.05, 0.1) is 18.7 Å². The number of carbonyl (C=O) groups is 2. The molecule has 1 aliphatic heterocycles. The van der Waals surface area contributed by atoms with Crippen molar-refractivity contribution in [3.8, 4) is 11.4 Å². The Morgan fingerprint density at radius 2 is 2.04 bits per heavy atom. The van der Waals surface area contributed by atoms with Crippen molar-refractivity contribution in [2.45, 2.75) is 19.4 Å². The van der Waals surface area contributed by atoms with E-state index in [-0.39, 0.29) is 23.4 Å². The Labute approximate surface area is 131 Å². The lowest BCUT2D eigenvalue weighted by Gasteiger charge is -2.23. The highest BCUT2D eigenvalue weighted by atomic mass is 19.1. The van der Waals surface area contributed by atoms with Crippen molar-refractivity contribution >= 4 is 11.9 Å². The summed E-state index contributed by atoms with van der Waals surface area (Å²) in [6.45, 7) is 0.301. The van der Waals surface area contributed by atoms with Gasteiger partial charge in [0.25, 0.3) is 0 Å². The summed E-state index contributed by atoms with van der Waals surface area (Å²) in [5.41, 5.74) is 1.16. The lowest BCUT2D eigenvalue weighted by molar-refractivity contribution is -0.146. The molecule has 1 aliphatic rings. The number of carboxylic acids is 1. The van der Waals surface area contributed by atoms with E-state index in [4.69, 9.17) is 4.74 Å². The molecule has 1 atom stereocenters. The number of imidazole rings is 1. The average Bonchev–Trinajstić information content (AvgIpc) is 2.94. The Kier molecular flexibility index (Phi) is 3.85. The summed E-state index contributed by atoms with van der Waals surface area (Å²) in [4.78, 5) is 27.4. The van der Waals surface area contributed by atoms with Crippen molar-refractivity contribution < 1.29 is 23.8 Å². The largest absolute Gasteiger partial charge is 0.476 e. The van der Waals surface area contributed by atoms with E-state index in [1.54, 1.807) is 16.7 Å². The molecule has 0 amide bonds. The quantitative estimate of drug-likeness (QED) is 0.877. The van der Waals surface area contributed by atoms with Crippen LogP contribution in [0.3, 0.4) is 0 Å². The molecule has 0 radical (unpaired) electrons. The maximum Gasteiger partial charge on any atom is 0.356 e. The second kappa shape index (κ2) is 5.83. The number of rotatable bonds is 3. The van der Waals surface area contributed by atoms with E-state index in [2.05, 4.69) is 4.98 Å². The molecule has 1 aromatic carbocycles. The number of ether oxygens (including phenoxy) is 1. The Hall–Kier alpha value is -2.70. The Morgan fingerprint density at radius 1 is 1.35 bits per heavy atom. The summed E-state index contributed by atoms with van der Waals surface area (Å²) in [7, 11) is 1.33. The molecule has 0 spiro atoms. The molecule has 6 nitrogen and oxygen atoms in total. The Morgan fingerprint density at radius 3 is 2.65 bits per heavy atom. The molecule has 2 heterocycles. The van der Waals surface area contributed by atoms with Crippen LogP contribution in [0.1, 0.15) is 22.6 Å². The molecule has 0 aliphatic carbocycles. The average molecular weight is 318 g/mol. The maximum atomic E-state index is 13.1. The van der Waals surface area contributed by atoms with E-state index < -0.39 is 5.97 Å². The third-order valence-corrected chi connectivity index (χ3v) is 4.04. The Balaban J connectivity index is 2.08. The van der Waals surface area contributed by atoms with E-state index in [1.807, 2.05) is 0 Å². The topological polar surface area (TPSA) is 81.4 Å². The molecule has 7 heteroatoms. The van der Waals surface area contributed by atoms with Crippen molar-refractivity contribution in [2.24, 2.45) is 5.92 Å². The Bertz CT molecular complexity index is 767. The molecule has 1 aromatic heterocycles. The fraction of sp³-hybridized carbons (Fsp3) is 0.312. The van der Waals surface area contributed by atoms with E-state index >= 15 is 0 Å². The molecule has 0 saturated carbocycles. The van der Waals surface area contributed by atoms with Gasteiger partial charge in [0.15, 0.2) is 5.69 Å². The summed E-state index contributed by atoms with van der Waals surface area (Å²) in [5.74, 6) is -1.75. The maximum absolute atomic E-state index is 13.1. The third-order valence-electron chi connectivity index (χ3n) is 4.04. The first-order valence-electron chi connectivity index (χ1n) is 7.17. The van der Waals surface area contributed by atoms with E-state index in [0.29, 0.717) is 36.5 Å². The van der Waals surface area contributed by atoms with Crippen molar-refractivity contribution in [3.05, 3.63) is 41.5 Å². The minimum Gasteiger partial charge on any atom is -0.476 e. The van der Waals surface area contributed by atoms with Crippen LogP contribution in [-0.2, 0) is 22.5 Å². The van der Waals surface area contributed by atoms with Gasteiger partial charge in [-0.2, -0.15) is 0 Å². The van der Waals surface area contributed by atoms with Crippen LogP contribution in [0.15, 0.2) is 24.3 Å². The predicted octanol–water partition coefficient (Wildman–Crippen LogP) is 2.12. The van der Waals surface area contributed by atoms with Gasteiger partial charge in [-0.3, -0.25) is 4.79 Å². The van der Waals surface area contributed by atoms with Crippen LogP contribution >= 0.6 is 0 Å². The van der Waals surface area contributed by atoms with Gasteiger partial charge < -0.3 is 14.4 Å². The van der Waals surface area contributed by atoms with Gasteiger partial charge in [-0.15, -0.1) is 0 Å². The van der Waals surface area contributed by atoms with Crippen LogP contribution in [0.4, 0.5) is 4.39 Å². The van der Waals surface area contributed by atoms with Crippen molar-refractivity contribution in [3.63, 3.8) is 0 Å². The highest BCUT2D eigenvalue weighted by Gasteiger charge is 2.32. The zero-order chi connectivity index (χ0) is 16.6. The van der Waals surface area contributed by atoms with Crippen LogP contribution in [0, 0.1) is 11.7 Å². The molecule has 120 valence electrons. The standard InChI is InChI=1S/C16H15FN2O4/c1-23-16(22)10-4-7-12-13(15(20)21)18-14(19(12)8-10)9-2-5-11(17)6-3-9/h2-3,5-6,10H,4,7-8H2,1H3,(H,20,21). The number of halogens is 1. The minimum atomic E-state index is -1.11. The highest BCUT2D eigenvalue weighted by molar-refractivity contribution is 5.88. The number of aromatic carboxylic acids is 1. The number of carboxylic acid groups (broad SMARTS) is 1. The summed E-state index contributed by atoms with van der Waals surface area (Å²) >= 11 is 0. The van der Waals surface area contributed by atoms with Crippen molar-refractivity contribution in [2.75, 3.05) is 7.11 Å². The third kappa shape index (κ3) is 2.69. The second-order valence-corrected chi connectivity index (χ2v) is 5.41.